The normalized spacial score (nSPS) is 15.9. The zero-order valence-corrected chi connectivity index (χ0v) is 13.7. The number of nitrogens with zero attached hydrogens (tertiary/aromatic N) is 2. The Labute approximate surface area is 144 Å². The molecular formula is C19H19F3N2O. The zero-order valence-electron chi connectivity index (χ0n) is 13.7. The van der Waals surface area contributed by atoms with Crippen LogP contribution in [0.1, 0.15) is 22.3 Å². The molecule has 1 aliphatic rings. The standard InChI is InChI=1S/C19H19F3N2O/c20-16-7-5-14(6-8-16)19(25)24-10-2-9-23(11-12-24)13-15-3-1-4-17(21)18(15)22/h1,3-8H,2,9-13H2. The molecule has 1 amide bonds. The first kappa shape index (κ1) is 17.5. The average molecular weight is 348 g/mol. The minimum absolute atomic E-state index is 0.140. The van der Waals surface area contributed by atoms with Gasteiger partial charge in [0, 0.05) is 43.9 Å². The fourth-order valence-corrected chi connectivity index (χ4v) is 3.02. The third-order valence-corrected chi connectivity index (χ3v) is 4.39. The van der Waals surface area contributed by atoms with E-state index in [4.69, 9.17) is 0 Å². The van der Waals surface area contributed by atoms with E-state index in [1.165, 1.54) is 30.3 Å². The van der Waals surface area contributed by atoms with Gasteiger partial charge in [0.05, 0.1) is 0 Å². The summed E-state index contributed by atoms with van der Waals surface area (Å²) < 4.78 is 40.1. The summed E-state index contributed by atoms with van der Waals surface area (Å²) in [6.07, 6.45) is 0.740. The summed E-state index contributed by atoms with van der Waals surface area (Å²) >= 11 is 0. The maximum atomic E-state index is 13.8. The lowest BCUT2D eigenvalue weighted by atomic mass is 10.2. The second-order valence-corrected chi connectivity index (χ2v) is 6.14. The predicted octanol–water partition coefficient (Wildman–Crippen LogP) is 3.45. The highest BCUT2D eigenvalue weighted by molar-refractivity contribution is 5.94. The van der Waals surface area contributed by atoms with Crippen molar-refractivity contribution in [3.63, 3.8) is 0 Å². The van der Waals surface area contributed by atoms with E-state index in [1.54, 1.807) is 11.0 Å². The number of hydrogen-bond acceptors (Lipinski definition) is 2. The van der Waals surface area contributed by atoms with E-state index in [2.05, 4.69) is 0 Å². The molecule has 1 heterocycles. The highest BCUT2D eigenvalue weighted by Crippen LogP contribution is 2.16. The minimum atomic E-state index is -0.847. The molecule has 0 bridgehead atoms. The second kappa shape index (κ2) is 7.70. The van der Waals surface area contributed by atoms with Crippen LogP contribution in [0, 0.1) is 17.5 Å². The molecule has 1 aliphatic heterocycles. The van der Waals surface area contributed by atoms with Gasteiger partial charge in [-0.2, -0.15) is 0 Å². The monoisotopic (exact) mass is 348 g/mol. The van der Waals surface area contributed by atoms with Gasteiger partial charge in [-0.1, -0.05) is 12.1 Å². The van der Waals surface area contributed by atoms with Crippen molar-refractivity contribution in [1.82, 2.24) is 9.80 Å². The molecule has 2 aromatic rings. The molecule has 1 fully saturated rings. The Morgan fingerprint density at radius 3 is 2.44 bits per heavy atom. The highest BCUT2D eigenvalue weighted by Gasteiger charge is 2.21. The smallest absolute Gasteiger partial charge is 0.253 e. The maximum Gasteiger partial charge on any atom is 0.253 e. The van der Waals surface area contributed by atoms with E-state index in [1.807, 2.05) is 4.90 Å². The van der Waals surface area contributed by atoms with Crippen molar-refractivity contribution >= 4 is 5.91 Å². The Bertz CT molecular complexity index is 749. The van der Waals surface area contributed by atoms with Crippen LogP contribution in [0.25, 0.3) is 0 Å². The molecule has 3 rings (SSSR count). The summed E-state index contributed by atoms with van der Waals surface area (Å²) in [7, 11) is 0. The van der Waals surface area contributed by atoms with Crippen LogP contribution in [-0.2, 0) is 6.54 Å². The molecule has 0 unspecified atom stereocenters. The fraction of sp³-hybridized carbons (Fsp3) is 0.316. The predicted molar refractivity (Wildman–Crippen MR) is 88.6 cm³/mol. The summed E-state index contributed by atoms with van der Waals surface area (Å²) in [5.41, 5.74) is 0.768. The molecule has 0 aromatic heterocycles. The highest BCUT2D eigenvalue weighted by atomic mass is 19.2. The van der Waals surface area contributed by atoms with Gasteiger partial charge in [-0.25, -0.2) is 13.2 Å². The van der Waals surface area contributed by atoms with E-state index in [0.29, 0.717) is 43.9 Å². The summed E-state index contributed by atoms with van der Waals surface area (Å²) in [6, 6.07) is 9.66. The number of amides is 1. The van der Waals surface area contributed by atoms with Gasteiger partial charge >= 0.3 is 0 Å². The van der Waals surface area contributed by atoms with E-state index in [9.17, 15) is 18.0 Å². The molecule has 0 radical (unpaired) electrons. The molecule has 0 aliphatic carbocycles. The lowest BCUT2D eigenvalue weighted by molar-refractivity contribution is 0.0761. The number of carbonyl (C=O) groups is 1. The zero-order chi connectivity index (χ0) is 17.8. The molecule has 6 heteroatoms. The Kier molecular flexibility index (Phi) is 5.38. The van der Waals surface area contributed by atoms with Crippen LogP contribution in [0.15, 0.2) is 42.5 Å². The Morgan fingerprint density at radius 1 is 0.920 bits per heavy atom. The summed E-state index contributed by atoms with van der Waals surface area (Å²) in [4.78, 5) is 16.2. The molecule has 3 nitrogen and oxygen atoms in total. The van der Waals surface area contributed by atoms with Gasteiger partial charge < -0.3 is 4.90 Å². The maximum absolute atomic E-state index is 13.8. The number of benzene rings is 2. The topological polar surface area (TPSA) is 23.6 Å². The Morgan fingerprint density at radius 2 is 1.68 bits per heavy atom. The van der Waals surface area contributed by atoms with Crippen LogP contribution in [0.4, 0.5) is 13.2 Å². The van der Waals surface area contributed by atoms with Crippen LogP contribution in [0.5, 0.6) is 0 Å². The van der Waals surface area contributed by atoms with Gasteiger partial charge in [0.15, 0.2) is 11.6 Å². The minimum Gasteiger partial charge on any atom is -0.337 e. The molecule has 0 atom stereocenters. The lowest BCUT2D eigenvalue weighted by Gasteiger charge is -2.22. The van der Waals surface area contributed by atoms with E-state index < -0.39 is 11.6 Å². The first-order valence-electron chi connectivity index (χ1n) is 8.24. The third-order valence-electron chi connectivity index (χ3n) is 4.39. The van der Waals surface area contributed by atoms with Gasteiger partial charge in [0.1, 0.15) is 5.82 Å². The molecule has 0 spiro atoms. The third kappa shape index (κ3) is 4.20. The molecular weight excluding hydrogens is 329 g/mol. The first-order chi connectivity index (χ1) is 12.0. The van der Waals surface area contributed by atoms with E-state index in [-0.39, 0.29) is 11.7 Å². The quantitative estimate of drug-likeness (QED) is 0.848. The van der Waals surface area contributed by atoms with Crippen molar-refractivity contribution in [1.29, 1.82) is 0 Å². The van der Waals surface area contributed by atoms with E-state index in [0.717, 1.165) is 12.5 Å². The molecule has 132 valence electrons. The van der Waals surface area contributed by atoms with Gasteiger partial charge in [0.2, 0.25) is 0 Å². The number of carbonyl (C=O) groups excluding carboxylic acids is 1. The largest absolute Gasteiger partial charge is 0.337 e. The second-order valence-electron chi connectivity index (χ2n) is 6.14. The van der Waals surface area contributed by atoms with Crippen molar-refractivity contribution in [2.45, 2.75) is 13.0 Å². The number of rotatable bonds is 3. The summed E-state index contributed by atoms with van der Waals surface area (Å²) in [5.74, 6) is -2.18. The lowest BCUT2D eigenvalue weighted by Crippen LogP contribution is -2.35. The van der Waals surface area contributed by atoms with Crippen LogP contribution < -0.4 is 0 Å². The van der Waals surface area contributed by atoms with Crippen molar-refractivity contribution in [2.24, 2.45) is 0 Å². The van der Waals surface area contributed by atoms with Crippen molar-refractivity contribution in [3.8, 4) is 0 Å². The van der Waals surface area contributed by atoms with Crippen molar-refractivity contribution < 1.29 is 18.0 Å². The summed E-state index contributed by atoms with van der Waals surface area (Å²) in [5, 5.41) is 0. The molecule has 1 saturated heterocycles. The molecule has 25 heavy (non-hydrogen) atoms. The van der Waals surface area contributed by atoms with Crippen LogP contribution in [0.3, 0.4) is 0 Å². The van der Waals surface area contributed by atoms with Crippen LogP contribution >= 0.6 is 0 Å². The van der Waals surface area contributed by atoms with Crippen molar-refractivity contribution in [2.75, 3.05) is 26.2 Å². The molecule has 0 N–H and O–H groups in total. The first-order valence-corrected chi connectivity index (χ1v) is 8.24. The summed E-state index contributed by atoms with van der Waals surface area (Å²) in [6.45, 7) is 2.65. The van der Waals surface area contributed by atoms with Crippen LogP contribution in [-0.4, -0.2) is 41.9 Å². The Hall–Kier alpha value is -2.34. The number of hydrogen-bond donors (Lipinski definition) is 0. The fourth-order valence-electron chi connectivity index (χ4n) is 3.02. The van der Waals surface area contributed by atoms with Crippen molar-refractivity contribution in [3.05, 3.63) is 71.0 Å². The van der Waals surface area contributed by atoms with Gasteiger partial charge in [0.25, 0.3) is 5.91 Å². The van der Waals surface area contributed by atoms with Gasteiger partial charge in [-0.05, 0) is 36.8 Å². The average Bonchev–Trinajstić information content (AvgIpc) is 2.85. The van der Waals surface area contributed by atoms with E-state index >= 15 is 0 Å². The van der Waals surface area contributed by atoms with Crippen LogP contribution in [0.2, 0.25) is 0 Å². The SMILES string of the molecule is O=C(c1ccc(F)cc1)N1CCCN(Cc2cccc(F)c2F)CC1. The molecule has 2 aromatic carbocycles. The van der Waals surface area contributed by atoms with Gasteiger partial charge in [-0.3, -0.25) is 9.69 Å². The Balaban J connectivity index is 1.63. The number of halogens is 3. The molecule has 0 saturated carbocycles. The van der Waals surface area contributed by atoms with Gasteiger partial charge in [-0.15, -0.1) is 0 Å².